The second-order valence-electron chi connectivity index (χ2n) is 6.93. The molecule has 6 heteroatoms. The number of hydrogen-bond donors (Lipinski definition) is 2. The molecule has 0 spiro atoms. The van der Waals surface area contributed by atoms with E-state index >= 15 is 0 Å². The highest BCUT2D eigenvalue weighted by Crippen LogP contribution is 2.39. The van der Waals surface area contributed by atoms with Crippen molar-refractivity contribution in [1.29, 1.82) is 0 Å². The fraction of sp³-hybridized carbons (Fsp3) is 0.600. The Balaban J connectivity index is 2.40. The van der Waals surface area contributed by atoms with E-state index < -0.39 is 30.1 Å². The first-order chi connectivity index (χ1) is 12.4. The molecule has 1 heterocycles. The van der Waals surface area contributed by atoms with Crippen molar-refractivity contribution in [2.45, 2.75) is 51.7 Å². The van der Waals surface area contributed by atoms with Gasteiger partial charge in [-0.2, -0.15) is 0 Å². The Morgan fingerprint density at radius 1 is 1.46 bits per heavy atom. The lowest BCUT2D eigenvalue weighted by atomic mass is 9.79. The summed E-state index contributed by atoms with van der Waals surface area (Å²) in [6.07, 6.45) is 4.86. The van der Waals surface area contributed by atoms with E-state index in [1.807, 2.05) is 6.08 Å². The predicted octanol–water partition coefficient (Wildman–Crippen LogP) is 2.06. The standard InChI is InChI=1S/C20H28O6/c1-4-12(2)19(23)26-18-15(11-22)8-6-5-7-14(10-21)9-16-17(18)13(3)20(24)25-16/h4,7,15-18,21-22H,3,5-6,8-11H2,1-2H3/b12-4-,14-7+/t15-,16+,17-,18+/m0/s1. The maximum Gasteiger partial charge on any atom is 0.334 e. The SMILES string of the molecule is C=C1C(=O)O[C@@H]2C/C(CO)=C\CCC[C@@H](CO)[C@@H](OC(=O)/C(C)=C\C)[C@@H]12. The normalized spacial score (nSPS) is 32.3. The highest BCUT2D eigenvalue weighted by Gasteiger charge is 2.47. The average Bonchev–Trinajstić information content (AvgIpc) is 2.91. The molecule has 0 amide bonds. The van der Waals surface area contributed by atoms with E-state index in [2.05, 4.69) is 6.58 Å². The van der Waals surface area contributed by atoms with Crippen LogP contribution < -0.4 is 0 Å². The lowest BCUT2D eigenvalue weighted by Crippen LogP contribution is -2.41. The molecule has 1 aliphatic heterocycles. The van der Waals surface area contributed by atoms with Crippen LogP contribution in [0.15, 0.2) is 35.5 Å². The van der Waals surface area contributed by atoms with Crippen molar-refractivity contribution in [3.05, 3.63) is 35.5 Å². The van der Waals surface area contributed by atoms with Gasteiger partial charge >= 0.3 is 11.9 Å². The highest BCUT2D eigenvalue weighted by molar-refractivity contribution is 5.91. The van der Waals surface area contributed by atoms with E-state index in [1.54, 1.807) is 19.9 Å². The molecule has 0 saturated carbocycles. The van der Waals surface area contributed by atoms with Crippen LogP contribution in [0.1, 0.15) is 39.5 Å². The number of aliphatic hydroxyl groups excluding tert-OH is 2. The van der Waals surface area contributed by atoms with Crippen LogP contribution in [0.2, 0.25) is 0 Å². The summed E-state index contributed by atoms with van der Waals surface area (Å²) in [6, 6.07) is 0. The van der Waals surface area contributed by atoms with Crippen LogP contribution in [-0.4, -0.2) is 47.6 Å². The molecule has 0 bridgehead atoms. The lowest BCUT2D eigenvalue weighted by molar-refractivity contribution is -0.153. The number of esters is 2. The van der Waals surface area contributed by atoms with Gasteiger partial charge in [0.05, 0.1) is 12.5 Å². The molecule has 4 atom stereocenters. The van der Waals surface area contributed by atoms with Crippen LogP contribution in [0.5, 0.6) is 0 Å². The van der Waals surface area contributed by atoms with E-state index in [0.717, 1.165) is 18.4 Å². The fourth-order valence-corrected chi connectivity index (χ4v) is 3.54. The second kappa shape index (κ2) is 9.14. The number of allylic oxidation sites excluding steroid dienone is 2. The van der Waals surface area contributed by atoms with E-state index in [-0.39, 0.29) is 24.7 Å². The third-order valence-corrected chi connectivity index (χ3v) is 5.25. The minimum absolute atomic E-state index is 0.112. The van der Waals surface area contributed by atoms with Gasteiger partial charge in [0.25, 0.3) is 0 Å². The van der Waals surface area contributed by atoms with Crippen molar-refractivity contribution < 1.29 is 29.3 Å². The molecular formula is C20H28O6. The van der Waals surface area contributed by atoms with Gasteiger partial charge in [-0.1, -0.05) is 18.7 Å². The molecule has 6 nitrogen and oxygen atoms in total. The molecule has 144 valence electrons. The first-order valence-corrected chi connectivity index (χ1v) is 9.06. The van der Waals surface area contributed by atoms with Crippen molar-refractivity contribution >= 4 is 11.9 Å². The Morgan fingerprint density at radius 2 is 2.19 bits per heavy atom. The van der Waals surface area contributed by atoms with Gasteiger partial charge in [0.2, 0.25) is 0 Å². The topological polar surface area (TPSA) is 93.1 Å². The van der Waals surface area contributed by atoms with Gasteiger partial charge in [-0.25, -0.2) is 9.59 Å². The summed E-state index contributed by atoms with van der Waals surface area (Å²) in [7, 11) is 0. The van der Waals surface area contributed by atoms with Gasteiger partial charge in [-0.3, -0.25) is 0 Å². The van der Waals surface area contributed by atoms with Gasteiger partial charge in [-0.15, -0.1) is 0 Å². The first-order valence-electron chi connectivity index (χ1n) is 9.06. The molecule has 2 aliphatic rings. The molecule has 0 aromatic heterocycles. The van der Waals surface area contributed by atoms with Crippen molar-refractivity contribution in [3.8, 4) is 0 Å². The molecule has 0 aromatic carbocycles. The third kappa shape index (κ3) is 4.43. The number of fused-ring (bicyclic) bond motifs is 1. The summed E-state index contributed by atoms with van der Waals surface area (Å²) in [5.41, 5.74) is 1.50. The molecule has 1 saturated heterocycles. The summed E-state index contributed by atoms with van der Waals surface area (Å²) in [5, 5.41) is 19.5. The average molecular weight is 364 g/mol. The Morgan fingerprint density at radius 3 is 2.81 bits per heavy atom. The molecule has 26 heavy (non-hydrogen) atoms. The van der Waals surface area contributed by atoms with Gasteiger partial charge in [-0.05, 0) is 38.7 Å². The maximum absolute atomic E-state index is 12.4. The maximum atomic E-state index is 12.4. The number of rotatable bonds is 4. The molecule has 0 radical (unpaired) electrons. The molecular weight excluding hydrogens is 336 g/mol. The quantitative estimate of drug-likeness (QED) is 0.451. The zero-order valence-corrected chi connectivity index (χ0v) is 15.4. The molecule has 1 fully saturated rings. The fourth-order valence-electron chi connectivity index (χ4n) is 3.54. The molecule has 0 aromatic rings. The lowest BCUT2D eigenvalue weighted by Gasteiger charge is -2.33. The summed E-state index contributed by atoms with van der Waals surface area (Å²) < 4.78 is 11.2. The molecule has 0 unspecified atom stereocenters. The van der Waals surface area contributed by atoms with Gasteiger partial charge in [0, 0.05) is 30.1 Å². The predicted molar refractivity (Wildman–Crippen MR) is 96.0 cm³/mol. The second-order valence-corrected chi connectivity index (χ2v) is 6.93. The number of hydrogen-bond acceptors (Lipinski definition) is 6. The van der Waals surface area contributed by atoms with Crippen molar-refractivity contribution in [1.82, 2.24) is 0 Å². The number of ether oxygens (including phenoxy) is 2. The first kappa shape index (κ1) is 20.4. The largest absolute Gasteiger partial charge is 0.458 e. The van der Waals surface area contributed by atoms with Crippen LogP contribution in [-0.2, 0) is 19.1 Å². The van der Waals surface area contributed by atoms with Gasteiger partial charge in [0.15, 0.2) is 0 Å². The summed E-state index contributed by atoms with van der Waals surface area (Å²) in [4.78, 5) is 24.5. The van der Waals surface area contributed by atoms with Gasteiger partial charge < -0.3 is 19.7 Å². The van der Waals surface area contributed by atoms with Crippen LogP contribution in [0, 0.1) is 11.8 Å². The summed E-state index contributed by atoms with van der Waals surface area (Å²) in [5.74, 6) is -1.85. The Hall–Kier alpha value is -1.92. The molecule has 1 aliphatic carbocycles. The van der Waals surface area contributed by atoms with E-state index in [4.69, 9.17) is 9.47 Å². The Labute approximate surface area is 154 Å². The van der Waals surface area contributed by atoms with Gasteiger partial charge in [0.1, 0.15) is 12.2 Å². The van der Waals surface area contributed by atoms with Crippen LogP contribution in [0.4, 0.5) is 0 Å². The summed E-state index contributed by atoms with van der Waals surface area (Å²) in [6.45, 7) is 6.98. The Bertz CT molecular complexity index is 618. The van der Waals surface area contributed by atoms with Crippen LogP contribution >= 0.6 is 0 Å². The molecule has 2 rings (SSSR count). The monoisotopic (exact) mass is 364 g/mol. The minimum Gasteiger partial charge on any atom is -0.458 e. The highest BCUT2D eigenvalue weighted by atomic mass is 16.6. The smallest absolute Gasteiger partial charge is 0.334 e. The molecule has 2 N–H and O–H groups in total. The number of aliphatic hydroxyl groups is 2. The van der Waals surface area contributed by atoms with Crippen LogP contribution in [0.3, 0.4) is 0 Å². The third-order valence-electron chi connectivity index (χ3n) is 5.25. The zero-order chi connectivity index (χ0) is 19.3. The van der Waals surface area contributed by atoms with Crippen LogP contribution in [0.25, 0.3) is 0 Å². The van der Waals surface area contributed by atoms with Crippen molar-refractivity contribution in [2.75, 3.05) is 13.2 Å². The number of carbonyl (C=O) groups excluding carboxylic acids is 2. The van der Waals surface area contributed by atoms with E-state index in [9.17, 15) is 19.8 Å². The van der Waals surface area contributed by atoms with Crippen molar-refractivity contribution in [2.24, 2.45) is 11.8 Å². The van der Waals surface area contributed by atoms with Crippen molar-refractivity contribution in [3.63, 3.8) is 0 Å². The minimum atomic E-state index is -0.704. The zero-order valence-electron chi connectivity index (χ0n) is 15.4. The van der Waals surface area contributed by atoms with E-state index in [0.29, 0.717) is 18.4 Å². The van der Waals surface area contributed by atoms with E-state index in [1.165, 1.54) is 0 Å². The summed E-state index contributed by atoms with van der Waals surface area (Å²) >= 11 is 0. The number of carbonyl (C=O) groups is 2. The Kier molecular flexibility index (Phi) is 7.17.